The van der Waals surface area contributed by atoms with Crippen LogP contribution < -0.4 is 5.32 Å². The number of carboxylic acids is 1. The third-order valence-corrected chi connectivity index (χ3v) is 3.84. The van der Waals surface area contributed by atoms with Crippen LogP contribution in [0.15, 0.2) is 0 Å². The quantitative estimate of drug-likeness (QED) is 0.762. The first-order chi connectivity index (χ1) is 9.95. The molecule has 1 fully saturated rings. The van der Waals surface area contributed by atoms with Crippen LogP contribution in [0.25, 0.3) is 0 Å². The van der Waals surface area contributed by atoms with E-state index in [4.69, 9.17) is 5.11 Å². The van der Waals surface area contributed by atoms with Crippen molar-refractivity contribution in [2.24, 2.45) is 0 Å². The molecule has 0 bridgehead atoms. The molecule has 0 aromatic rings. The second-order valence-corrected chi connectivity index (χ2v) is 5.40. The summed E-state index contributed by atoms with van der Waals surface area (Å²) >= 11 is 0. The lowest BCUT2D eigenvalue weighted by Crippen LogP contribution is -2.49. The molecule has 0 aliphatic carbocycles. The van der Waals surface area contributed by atoms with E-state index in [9.17, 15) is 14.4 Å². The van der Waals surface area contributed by atoms with Gasteiger partial charge >= 0.3 is 12.0 Å². The highest BCUT2D eigenvalue weighted by molar-refractivity contribution is 5.78. The number of amides is 3. The van der Waals surface area contributed by atoms with E-state index in [1.165, 1.54) is 4.90 Å². The van der Waals surface area contributed by atoms with Crippen LogP contribution in [0.1, 0.15) is 38.5 Å². The molecule has 0 radical (unpaired) electrons. The zero-order chi connectivity index (χ0) is 15.8. The number of urea groups is 1. The van der Waals surface area contributed by atoms with Crippen molar-refractivity contribution < 1.29 is 19.5 Å². The van der Waals surface area contributed by atoms with Gasteiger partial charge in [0.15, 0.2) is 0 Å². The lowest BCUT2D eigenvalue weighted by atomic mass is 9.98. The van der Waals surface area contributed by atoms with Gasteiger partial charge in [-0.05, 0) is 25.7 Å². The maximum absolute atomic E-state index is 12.4. The second-order valence-electron chi connectivity index (χ2n) is 5.40. The fourth-order valence-corrected chi connectivity index (χ4v) is 2.55. The van der Waals surface area contributed by atoms with E-state index < -0.39 is 5.97 Å². The van der Waals surface area contributed by atoms with Gasteiger partial charge in [-0.2, -0.15) is 0 Å². The summed E-state index contributed by atoms with van der Waals surface area (Å²) in [5.74, 6) is -0.934. The van der Waals surface area contributed by atoms with Crippen molar-refractivity contribution in [1.29, 1.82) is 0 Å². The molecule has 7 heteroatoms. The lowest BCUT2D eigenvalue weighted by molar-refractivity contribution is -0.137. The maximum Gasteiger partial charge on any atom is 0.320 e. The lowest BCUT2D eigenvalue weighted by Gasteiger charge is -2.38. The first-order valence-corrected chi connectivity index (χ1v) is 7.39. The fraction of sp³-hybridized carbons (Fsp3) is 0.786. The Morgan fingerprint density at radius 2 is 2.00 bits per heavy atom. The predicted molar refractivity (Wildman–Crippen MR) is 77.9 cm³/mol. The van der Waals surface area contributed by atoms with Crippen molar-refractivity contribution in [2.45, 2.75) is 44.6 Å². The Bertz CT molecular complexity index is 386. The van der Waals surface area contributed by atoms with Crippen LogP contribution >= 0.6 is 0 Å². The first-order valence-electron chi connectivity index (χ1n) is 7.39. The van der Waals surface area contributed by atoms with Crippen LogP contribution in [0.5, 0.6) is 0 Å². The highest BCUT2D eigenvalue weighted by atomic mass is 16.4. The molecule has 1 aliphatic rings. The van der Waals surface area contributed by atoms with Crippen LogP contribution in [-0.4, -0.2) is 66.0 Å². The van der Waals surface area contributed by atoms with Crippen LogP contribution in [0.3, 0.4) is 0 Å². The smallest absolute Gasteiger partial charge is 0.320 e. The van der Waals surface area contributed by atoms with E-state index in [1.54, 1.807) is 19.0 Å². The normalized spacial score (nSPS) is 18.2. The second kappa shape index (κ2) is 8.49. The minimum absolute atomic E-state index is 0.00944. The number of likely N-dealkylation sites (tertiary alicyclic amines) is 1. The summed E-state index contributed by atoms with van der Waals surface area (Å²) in [4.78, 5) is 37.7. The van der Waals surface area contributed by atoms with Gasteiger partial charge in [0.25, 0.3) is 0 Å². The van der Waals surface area contributed by atoms with Crippen molar-refractivity contribution in [2.75, 3.05) is 27.2 Å². The Kier molecular flexibility index (Phi) is 6.98. The van der Waals surface area contributed by atoms with Crippen molar-refractivity contribution in [1.82, 2.24) is 15.1 Å². The van der Waals surface area contributed by atoms with Gasteiger partial charge in [-0.25, -0.2) is 4.79 Å². The molecule has 0 aromatic heterocycles. The standard InChI is InChI=1S/C14H25N3O4/c1-15-12(18)8-10-16(2)14(21)17-9-4-3-5-11(17)6-7-13(19)20/h11H,3-10H2,1-2H3,(H,15,18)(H,19,20). The van der Waals surface area contributed by atoms with Crippen molar-refractivity contribution in [3.63, 3.8) is 0 Å². The minimum Gasteiger partial charge on any atom is -0.481 e. The molecule has 21 heavy (non-hydrogen) atoms. The average Bonchev–Trinajstić information content (AvgIpc) is 2.49. The number of hydrogen-bond donors (Lipinski definition) is 2. The number of hydrogen-bond acceptors (Lipinski definition) is 3. The Morgan fingerprint density at radius 1 is 1.29 bits per heavy atom. The van der Waals surface area contributed by atoms with Gasteiger partial charge in [0, 0.05) is 46.1 Å². The fourth-order valence-electron chi connectivity index (χ4n) is 2.55. The van der Waals surface area contributed by atoms with E-state index in [0.29, 0.717) is 19.5 Å². The molecule has 120 valence electrons. The highest BCUT2D eigenvalue weighted by Gasteiger charge is 2.28. The average molecular weight is 299 g/mol. The molecule has 2 N–H and O–H groups in total. The zero-order valence-corrected chi connectivity index (χ0v) is 12.8. The van der Waals surface area contributed by atoms with Gasteiger partial charge in [-0.15, -0.1) is 0 Å². The molecular weight excluding hydrogens is 274 g/mol. The Balaban J connectivity index is 2.54. The number of carboxylic acid groups (broad SMARTS) is 1. The summed E-state index contributed by atoms with van der Waals surface area (Å²) in [6.45, 7) is 1.02. The Morgan fingerprint density at radius 3 is 2.62 bits per heavy atom. The highest BCUT2D eigenvalue weighted by Crippen LogP contribution is 2.22. The first kappa shape index (κ1) is 17.3. The third-order valence-electron chi connectivity index (χ3n) is 3.84. The molecule has 1 aliphatic heterocycles. The Hall–Kier alpha value is -1.79. The van der Waals surface area contributed by atoms with Crippen molar-refractivity contribution >= 4 is 17.9 Å². The largest absolute Gasteiger partial charge is 0.481 e. The number of carbonyl (C=O) groups excluding carboxylic acids is 2. The number of rotatable bonds is 6. The monoisotopic (exact) mass is 299 g/mol. The van der Waals surface area contributed by atoms with E-state index >= 15 is 0 Å². The Labute approximate surface area is 125 Å². The van der Waals surface area contributed by atoms with Gasteiger partial charge in [0.05, 0.1) is 0 Å². The van der Waals surface area contributed by atoms with Crippen molar-refractivity contribution in [3.8, 4) is 0 Å². The van der Waals surface area contributed by atoms with Gasteiger partial charge in [0.2, 0.25) is 5.91 Å². The summed E-state index contributed by atoms with van der Waals surface area (Å²) < 4.78 is 0. The van der Waals surface area contributed by atoms with Crippen LogP contribution in [0, 0.1) is 0 Å². The predicted octanol–water partition coefficient (Wildman–Crippen LogP) is 0.894. The number of aliphatic carboxylic acids is 1. The van der Waals surface area contributed by atoms with Gasteiger partial charge in [0.1, 0.15) is 0 Å². The van der Waals surface area contributed by atoms with E-state index in [0.717, 1.165) is 19.3 Å². The molecule has 3 amide bonds. The van der Waals surface area contributed by atoms with Crippen LogP contribution in [-0.2, 0) is 9.59 Å². The van der Waals surface area contributed by atoms with Crippen LogP contribution in [0.4, 0.5) is 4.79 Å². The number of piperidine rings is 1. The molecule has 1 heterocycles. The SMILES string of the molecule is CNC(=O)CCN(C)C(=O)N1CCCCC1CCC(=O)O. The van der Waals surface area contributed by atoms with E-state index in [2.05, 4.69) is 5.32 Å². The van der Waals surface area contributed by atoms with Gasteiger partial charge in [-0.1, -0.05) is 0 Å². The van der Waals surface area contributed by atoms with Crippen molar-refractivity contribution in [3.05, 3.63) is 0 Å². The number of nitrogens with one attached hydrogen (secondary N) is 1. The molecule has 1 saturated heterocycles. The molecule has 0 aromatic carbocycles. The topological polar surface area (TPSA) is 90.0 Å². The molecule has 0 spiro atoms. The third kappa shape index (κ3) is 5.61. The minimum atomic E-state index is -0.832. The molecule has 1 rings (SSSR count). The van der Waals surface area contributed by atoms with E-state index in [-0.39, 0.29) is 30.8 Å². The summed E-state index contributed by atoms with van der Waals surface area (Å²) in [7, 11) is 3.24. The summed E-state index contributed by atoms with van der Waals surface area (Å²) in [5.41, 5.74) is 0. The number of nitrogens with zero attached hydrogens (tertiary/aromatic N) is 2. The molecular formula is C14H25N3O4. The summed E-state index contributed by atoms with van der Waals surface area (Å²) in [5, 5.41) is 11.3. The molecule has 0 saturated carbocycles. The van der Waals surface area contributed by atoms with E-state index in [1.807, 2.05) is 0 Å². The molecule has 1 atom stereocenters. The maximum atomic E-state index is 12.4. The van der Waals surface area contributed by atoms with Gasteiger partial charge < -0.3 is 20.2 Å². The van der Waals surface area contributed by atoms with Crippen LogP contribution in [0.2, 0.25) is 0 Å². The molecule has 1 unspecified atom stereocenters. The summed E-state index contributed by atoms with van der Waals surface area (Å²) in [6.07, 6.45) is 3.66. The van der Waals surface area contributed by atoms with Gasteiger partial charge in [-0.3, -0.25) is 9.59 Å². The zero-order valence-electron chi connectivity index (χ0n) is 12.8. The summed E-state index contributed by atoms with van der Waals surface area (Å²) in [6, 6.07) is -0.126. The number of carbonyl (C=O) groups is 3. The molecule has 7 nitrogen and oxygen atoms in total.